The highest BCUT2D eigenvalue weighted by Crippen LogP contribution is 2.12. The van der Waals surface area contributed by atoms with E-state index in [0.717, 1.165) is 122 Å². The van der Waals surface area contributed by atoms with Crippen LogP contribution in [0, 0.1) is 0 Å². The van der Waals surface area contributed by atoms with Crippen molar-refractivity contribution in [3.05, 3.63) is 146 Å². The molecule has 0 heterocycles. The van der Waals surface area contributed by atoms with E-state index >= 15 is 0 Å². The van der Waals surface area contributed by atoms with Crippen LogP contribution in [0.25, 0.3) is 0 Å². The molecule has 0 radical (unpaired) electrons. The number of hydrogen-bond donors (Lipinski definition) is 0. The SMILES string of the molecule is CC/C=C/C=C/C=C/C=C/CCCCCCCC(=O)OC(COC(=O)CC/C=C/C/C=C/C/C=C/C/C=C/C/C=C/CC)COC(=O)CCCCCCC/C=C/C=C/C=C/CC. The van der Waals surface area contributed by atoms with E-state index in [-0.39, 0.29) is 44.0 Å². The van der Waals surface area contributed by atoms with Crippen molar-refractivity contribution in [2.24, 2.45) is 0 Å². The lowest BCUT2D eigenvalue weighted by molar-refractivity contribution is -0.166. The second-order valence-corrected chi connectivity index (χ2v) is 15.0. The second-order valence-electron chi connectivity index (χ2n) is 15.0. The van der Waals surface area contributed by atoms with Gasteiger partial charge in [-0.3, -0.25) is 14.4 Å². The normalized spacial score (nSPS) is 13.4. The third kappa shape index (κ3) is 46.4. The number of allylic oxidation sites excluding steroid dienone is 24. The molecular weight excluding hydrogens is 769 g/mol. The minimum atomic E-state index is -0.834. The highest BCUT2D eigenvalue weighted by Gasteiger charge is 2.19. The Morgan fingerprint density at radius 1 is 0.339 bits per heavy atom. The van der Waals surface area contributed by atoms with Gasteiger partial charge >= 0.3 is 17.9 Å². The molecule has 0 N–H and O–H groups in total. The average molecular weight is 853 g/mol. The van der Waals surface area contributed by atoms with E-state index in [4.69, 9.17) is 14.2 Å². The maximum Gasteiger partial charge on any atom is 0.306 e. The van der Waals surface area contributed by atoms with Crippen molar-refractivity contribution in [3.63, 3.8) is 0 Å². The van der Waals surface area contributed by atoms with E-state index in [0.29, 0.717) is 12.8 Å². The topological polar surface area (TPSA) is 78.9 Å². The fourth-order valence-electron chi connectivity index (χ4n) is 5.73. The van der Waals surface area contributed by atoms with Crippen molar-refractivity contribution < 1.29 is 28.6 Å². The molecule has 0 aliphatic carbocycles. The summed E-state index contributed by atoms with van der Waals surface area (Å²) in [5.74, 6) is -1.07. The van der Waals surface area contributed by atoms with E-state index in [1.54, 1.807) is 0 Å². The molecule has 1 unspecified atom stereocenters. The van der Waals surface area contributed by atoms with Crippen LogP contribution in [0.2, 0.25) is 0 Å². The Kier molecular flexibility index (Phi) is 45.2. The van der Waals surface area contributed by atoms with Gasteiger partial charge in [0.05, 0.1) is 0 Å². The molecule has 62 heavy (non-hydrogen) atoms. The zero-order valence-corrected chi connectivity index (χ0v) is 39.1. The first-order valence-corrected chi connectivity index (χ1v) is 23.9. The lowest BCUT2D eigenvalue weighted by Crippen LogP contribution is -2.30. The van der Waals surface area contributed by atoms with E-state index in [1.165, 1.54) is 0 Å². The average Bonchev–Trinajstić information content (AvgIpc) is 3.27. The first-order chi connectivity index (χ1) is 30.5. The van der Waals surface area contributed by atoms with Crippen LogP contribution in [0.15, 0.2) is 146 Å². The standard InChI is InChI=1S/C56H84O6/c1-4-7-10-13-16-19-22-25-27-29-31-34-37-40-43-46-49-55(58)61-52-53(51-60-54(57)48-45-42-39-36-33-30-24-21-18-15-12-9-6-3)62-56(59)50-47-44-41-38-35-32-28-26-23-20-17-14-11-8-5-2/h7-12,14-21,23-28,31,34,40,43,53H,4-6,13,22,29-30,32-33,35-39,41-42,44-52H2,1-3H3/b10-7+,11-8+,12-9+,17-14+,18-15+,19-16+,23-20+,24-21+,27-25+,28-26+,34-31+,43-40+. The third-order valence-electron chi connectivity index (χ3n) is 9.24. The molecule has 0 saturated carbocycles. The number of esters is 3. The first kappa shape index (κ1) is 57.3. The van der Waals surface area contributed by atoms with Crippen molar-refractivity contribution >= 4 is 17.9 Å². The van der Waals surface area contributed by atoms with Gasteiger partial charge in [-0.2, -0.15) is 0 Å². The summed E-state index contributed by atoms with van der Waals surface area (Å²) in [5.41, 5.74) is 0. The first-order valence-electron chi connectivity index (χ1n) is 23.9. The molecule has 6 heteroatoms. The Bertz CT molecular complexity index is 1440. The molecule has 344 valence electrons. The summed E-state index contributed by atoms with van der Waals surface area (Å²) < 4.78 is 16.6. The Balaban J connectivity index is 4.61. The molecule has 0 saturated heterocycles. The fourth-order valence-corrected chi connectivity index (χ4v) is 5.73. The van der Waals surface area contributed by atoms with Crippen LogP contribution in [0.4, 0.5) is 0 Å². The van der Waals surface area contributed by atoms with Crippen LogP contribution in [0.1, 0.15) is 168 Å². The van der Waals surface area contributed by atoms with Gasteiger partial charge in [-0.15, -0.1) is 0 Å². The molecule has 0 bridgehead atoms. The summed E-state index contributed by atoms with van der Waals surface area (Å²) in [6, 6.07) is 0. The van der Waals surface area contributed by atoms with Crippen LogP contribution in [0.3, 0.4) is 0 Å². The zero-order valence-electron chi connectivity index (χ0n) is 39.1. The summed E-state index contributed by atoms with van der Waals surface area (Å²) in [7, 11) is 0. The molecule has 0 aromatic heterocycles. The Labute approximate surface area is 378 Å². The van der Waals surface area contributed by atoms with Gasteiger partial charge in [0.2, 0.25) is 0 Å². The van der Waals surface area contributed by atoms with Crippen molar-refractivity contribution in [2.75, 3.05) is 13.2 Å². The molecular formula is C56H84O6. The summed E-state index contributed by atoms with van der Waals surface area (Å²) >= 11 is 0. The van der Waals surface area contributed by atoms with E-state index in [2.05, 4.69) is 124 Å². The third-order valence-corrected chi connectivity index (χ3v) is 9.24. The maximum atomic E-state index is 12.8. The van der Waals surface area contributed by atoms with Crippen molar-refractivity contribution in [3.8, 4) is 0 Å². The van der Waals surface area contributed by atoms with Gasteiger partial charge in [0.1, 0.15) is 13.2 Å². The van der Waals surface area contributed by atoms with E-state index in [9.17, 15) is 14.4 Å². The fraction of sp³-hybridized carbons (Fsp3) is 0.518. The molecule has 0 aliphatic heterocycles. The predicted octanol–water partition coefficient (Wildman–Crippen LogP) is 15.7. The highest BCUT2D eigenvalue weighted by molar-refractivity contribution is 5.71. The molecule has 0 amide bonds. The number of carbonyl (C=O) groups excluding carboxylic acids is 3. The molecule has 0 spiro atoms. The predicted molar refractivity (Wildman–Crippen MR) is 265 cm³/mol. The molecule has 0 rings (SSSR count). The minimum Gasteiger partial charge on any atom is -0.462 e. The van der Waals surface area contributed by atoms with Gasteiger partial charge in [-0.25, -0.2) is 0 Å². The van der Waals surface area contributed by atoms with E-state index in [1.807, 2.05) is 42.5 Å². The molecule has 0 aromatic rings. The summed E-state index contributed by atoms with van der Waals surface area (Å²) in [5, 5.41) is 0. The number of carbonyl (C=O) groups is 3. The van der Waals surface area contributed by atoms with Crippen molar-refractivity contribution in [2.45, 2.75) is 175 Å². The number of unbranched alkanes of at least 4 members (excludes halogenated alkanes) is 10. The number of rotatable bonds is 40. The Morgan fingerprint density at radius 3 is 1.16 bits per heavy atom. The van der Waals surface area contributed by atoms with Gasteiger partial charge in [0.15, 0.2) is 6.10 Å². The van der Waals surface area contributed by atoms with Gasteiger partial charge in [-0.1, -0.05) is 205 Å². The minimum absolute atomic E-state index is 0.128. The highest BCUT2D eigenvalue weighted by atomic mass is 16.6. The Hall–Kier alpha value is -4.71. The summed E-state index contributed by atoms with van der Waals surface area (Å²) in [6.07, 6.45) is 69.8. The van der Waals surface area contributed by atoms with Crippen LogP contribution in [0.5, 0.6) is 0 Å². The second kappa shape index (κ2) is 49.0. The lowest BCUT2D eigenvalue weighted by atomic mass is 10.1. The quantitative estimate of drug-likeness (QED) is 0.0201. The summed E-state index contributed by atoms with van der Waals surface area (Å²) in [6.45, 7) is 6.11. The monoisotopic (exact) mass is 853 g/mol. The van der Waals surface area contributed by atoms with E-state index < -0.39 is 6.10 Å². The lowest BCUT2D eigenvalue weighted by Gasteiger charge is -2.18. The van der Waals surface area contributed by atoms with Crippen LogP contribution in [-0.4, -0.2) is 37.2 Å². The van der Waals surface area contributed by atoms with Crippen LogP contribution < -0.4 is 0 Å². The molecule has 0 aromatic carbocycles. The zero-order chi connectivity index (χ0) is 45.1. The van der Waals surface area contributed by atoms with Gasteiger partial charge in [0.25, 0.3) is 0 Å². The molecule has 0 fully saturated rings. The number of hydrogen-bond acceptors (Lipinski definition) is 6. The maximum absolute atomic E-state index is 12.8. The largest absolute Gasteiger partial charge is 0.462 e. The van der Waals surface area contributed by atoms with Crippen molar-refractivity contribution in [1.29, 1.82) is 0 Å². The van der Waals surface area contributed by atoms with Gasteiger partial charge in [-0.05, 0) is 89.9 Å². The smallest absolute Gasteiger partial charge is 0.306 e. The van der Waals surface area contributed by atoms with Gasteiger partial charge < -0.3 is 14.2 Å². The summed E-state index contributed by atoms with van der Waals surface area (Å²) in [4.78, 5) is 37.9. The number of ether oxygens (including phenoxy) is 3. The van der Waals surface area contributed by atoms with Gasteiger partial charge in [0, 0.05) is 19.3 Å². The Morgan fingerprint density at radius 2 is 0.694 bits per heavy atom. The van der Waals surface area contributed by atoms with Crippen LogP contribution >= 0.6 is 0 Å². The van der Waals surface area contributed by atoms with Crippen molar-refractivity contribution in [1.82, 2.24) is 0 Å². The molecule has 6 nitrogen and oxygen atoms in total. The van der Waals surface area contributed by atoms with Crippen LogP contribution in [-0.2, 0) is 28.6 Å². The molecule has 0 aliphatic rings. The molecule has 1 atom stereocenters.